The van der Waals surface area contributed by atoms with Crippen molar-refractivity contribution in [2.45, 2.75) is 33.2 Å². The Kier molecular flexibility index (Phi) is 3.20. The SMILES string of the molecule is Cc1cccn2c(NC(C)(C)C)c(-c3ccc4c(c3)OCO4)nc12. The molecule has 4 rings (SSSR count). The number of nitrogens with zero attached hydrogens (tertiary/aromatic N) is 2. The lowest BCUT2D eigenvalue weighted by molar-refractivity contribution is 0.174. The molecule has 1 aliphatic rings. The van der Waals surface area contributed by atoms with E-state index in [1.54, 1.807) is 0 Å². The van der Waals surface area contributed by atoms with Gasteiger partial charge in [0.05, 0.1) is 0 Å². The van der Waals surface area contributed by atoms with Gasteiger partial charge in [-0.15, -0.1) is 0 Å². The molecule has 0 unspecified atom stereocenters. The van der Waals surface area contributed by atoms with Crippen LogP contribution in [0.1, 0.15) is 26.3 Å². The highest BCUT2D eigenvalue weighted by molar-refractivity contribution is 5.79. The minimum atomic E-state index is -0.0786. The van der Waals surface area contributed by atoms with Gasteiger partial charge in [-0.1, -0.05) is 6.07 Å². The summed E-state index contributed by atoms with van der Waals surface area (Å²) in [5.74, 6) is 2.53. The van der Waals surface area contributed by atoms with Gasteiger partial charge < -0.3 is 14.8 Å². The molecule has 1 N–H and O–H groups in total. The largest absolute Gasteiger partial charge is 0.454 e. The first-order valence-electron chi connectivity index (χ1n) is 8.08. The number of anilines is 1. The van der Waals surface area contributed by atoms with Gasteiger partial charge in [0.2, 0.25) is 6.79 Å². The second-order valence-electron chi connectivity index (χ2n) is 7.14. The third-order valence-corrected chi connectivity index (χ3v) is 3.98. The zero-order chi connectivity index (χ0) is 16.9. The number of rotatable bonds is 2. The number of fused-ring (bicyclic) bond motifs is 2. The molecular weight excluding hydrogens is 302 g/mol. The Morgan fingerprint density at radius 2 is 1.92 bits per heavy atom. The fourth-order valence-electron chi connectivity index (χ4n) is 2.92. The number of nitrogens with one attached hydrogen (secondary N) is 1. The van der Waals surface area contributed by atoms with Crippen molar-refractivity contribution in [3.05, 3.63) is 42.1 Å². The smallest absolute Gasteiger partial charge is 0.231 e. The highest BCUT2D eigenvalue weighted by Gasteiger charge is 2.22. The van der Waals surface area contributed by atoms with Gasteiger partial charge in [-0.2, -0.15) is 0 Å². The van der Waals surface area contributed by atoms with Crippen molar-refractivity contribution in [3.63, 3.8) is 0 Å². The lowest BCUT2D eigenvalue weighted by Crippen LogP contribution is -2.27. The molecule has 0 amide bonds. The lowest BCUT2D eigenvalue weighted by Gasteiger charge is -2.22. The highest BCUT2D eigenvalue weighted by Crippen LogP contribution is 2.38. The maximum absolute atomic E-state index is 5.52. The van der Waals surface area contributed by atoms with Gasteiger partial charge in [0.25, 0.3) is 0 Å². The topological polar surface area (TPSA) is 47.8 Å². The van der Waals surface area contributed by atoms with Crippen molar-refractivity contribution in [1.82, 2.24) is 9.38 Å². The molecule has 24 heavy (non-hydrogen) atoms. The van der Waals surface area contributed by atoms with Crippen LogP contribution in [0.15, 0.2) is 36.5 Å². The Morgan fingerprint density at radius 1 is 1.12 bits per heavy atom. The summed E-state index contributed by atoms with van der Waals surface area (Å²) in [6.07, 6.45) is 2.04. The van der Waals surface area contributed by atoms with Gasteiger partial charge in [-0.05, 0) is 57.5 Å². The molecule has 3 aromatic rings. The van der Waals surface area contributed by atoms with Crippen LogP contribution in [-0.2, 0) is 0 Å². The van der Waals surface area contributed by atoms with Crippen LogP contribution in [0.3, 0.4) is 0 Å². The van der Waals surface area contributed by atoms with Crippen molar-refractivity contribution in [2.75, 3.05) is 12.1 Å². The van der Waals surface area contributed by atoms with Crippen molar-refractivity contribution < 1.29 is 9.47 Å². The van der Waals surface area contributed by atoms with Gasteiger partial charge in [-0.3, -0.25) is 4.40 Å². The van der Waals surface area contributed by atoms with Crippen LogP contribution in [0.5, 0.6) is 11.5 Å². The third-order valence-electron chi connectivity index (χ3n) is 3.98. The number of aryl methyl sites for hydroxylation is 1. The molecule has 0 bridgehead atoms. The molecule has 3 heterocycles. The van der Waals surface area contributed by atoms with Crippen molar-refractivity contribution in [3.8, 4) is 22.8 Å². The van der Waals surface area contributed by atoms with Gasteiger partial charge in [0, 0.05) is 17.3 Å². The van der Waals surface area contributed by atoms with Crippen molar-refractivity contribution >= 4 is 11.5 Å². The first-order valence-corrected chi connectivity index (χ1v) is 8.08. The monoisotopic (exact) mass is 323 g/mol. The fourth-order valence-corrected chi connectivity index (χ4v) is 2.92. The van der Waals surface area contributed by atoms with Gasteiger partial charge in [0.1, 0.15) is 17.2 Å². The lowest BCUT2D eigenvalue weighted by atomic mass is 10.1. The van der Waals surface area contributed by atoms with Crippen LogP contribution in [-0.4, -0.2) is 21.7 Å². The Morgan fingerprint density at radius 3 is 2.71 bits per heavy atom. The molecule has 124 valence electrons. The standard InChI is InChI=1S/C19H21N3O2/c1-12-6-5-9-22-17(12)20-16(18(22)21-19(2,3)4)13-7-8-14-15(10-13)24-11-23-14/h5-10,21H,11H2,1-4H3. The summed E-state index contributed by atoms with van der Waals surface area (Å²) < 4.78 is 13.0. The van der Waals surface area contributed by atoms with Gasteiger partial charge in [-0.25, -0.2) is 4.98 Å². The molecule has 0 aliphatic carbocycles. The van der Waals surface area contributed by atoms with E-state index in [1.165, 1.54) is 0 Å². The average Bonchev–Trinajstić information content (AvgIpc) is 3.11. The Hall–Kier alpha value is -2.69. The molecule has 1 aromatic carbocycles. The molecule has 0 saturated carbocycles. The van der Waals surface area contributed by atoms with Crippen LogP contribution >= 0.6 is 0 Å². The summed E-state index contributed by atoms with van der Waals surface area (Å²) in [5.41, 5.74) is 3.94. The number of benzene rings is 1. The summed E-state index contributed by atoms with van der Waals surface area (Å²) in [7, 11) is 0. The van der Waals surface area contributed by atoms with Crippen molar-refractivity contribution in [2.24, 2.45) is 0 Å². The summed E-state index contributed by atoms with van der Waals surface area (Å²) in [5, 5.41) is 3.59. The number of hydrogen-bond acceptors (Lipinski definition) is 4. The summed E-state index contributed by atoms with van der Waals surface area (Å²) >= 11 is 0. The van der Waals surface area contributed by atoms with E-state index in [0.29, 0.717) is 0 Å². The minimum Gasteiger partial charge on any atom is -0.454 e. The molecule has 1 aliphatic heterocycles. The Labute approximate surface area is 141 Å². The summed E-state index contributed by atoms with van der Waals surface area (Å²) in [6.45, 7) is 8.78. The van der Waals surface area contributed by atoms with E-state index in [9.17, 15) is 0 Å². The molecule has 5 heteroatoms. The van der Waals surface area contributed by atoms with E-state index >= 15 is 0 Å². The molecule has 0 spiro atoms. The van der Waals surface area contributed by atoms with E-state index < -0.39 is 0 Å². The van der Waals surface area contributed by atoms with Crippen LogP contribution < -0.4 is 14.8 Å². The number of imidazole rings is 1. The predicted octanol–water partition coefficient (Wildman–Crippen LogP) is 4.25. The predicted molar refractivity (Wildman–Crippen MR) is 94.9 cm³/mol. The van der Waals surface area contributed by atoms with E-state index in [4.69, 9.17) is 14.5 Å². The quantitative estimate of drug-likeness (QED) is 0.766. The van der Waals surface area contributed by atoms with Crippen LogP contribution in [0.4, 0.5) is 5.82 Å². The second-order valence-corrected chi connectivity index (χ2v) is 7.14. The van der Waals surface area contributed by atoms with Crippen LogP contribution in [0, 0.1) is 6.92 Å². The zero-order valence-electron chi connectivity index (χ0n) is 14.4. The van der Waals surface area contributed by atoms with Crippen molar-refractivity contribution in [1.29, 1.82) is 0 Å². The first-order chi connectivity index (χ1) is 11.4. The van der Waals surface area contributed by atoms with Gasteiger partial charge in [0.15, 0.2) is 11.5 Å². The fraction of sp³-hybridized carbons (Fsp3) is 0.316. The molecule has 5 nitrogen and oxygen atoms in total. The maximum Gasteiger partial charge on any atom is 0.231 e. The number of ether oxygens (including phenoxy) is 2. The van der Waals surface area contributed by atoms with E-state index in [0.717, 1.165) is 39.8 Å². The Balaban J connectivity index is 1.93. The summed E-state index contributed by atoms with van der Waals surface area (Å²) in [4.78, 5) is 4.90. The molecule has 0 fully saturated rings. The number of aromatic nitrogens is 2. The second kappa shape index (κ2) is 5.16. The maximum atomic E-state index is 5.52. The van der Waals surface area contributed by atoms with Gasteiger partial charge >= 0.3 is 0 Å². The van der Waals surface area contributed by atoms with E-state index in [-0.39, 0.29) is 12.3 Å². The average molecular weight is 323 g/mol. The molecule has 0 saturated heterocycles. The minimum absolute atomic E-state index is 0.0786. The van der Waals surface area contributed by atoms with E-state index in [2.05, 4.69) is 43.5 Å². The third kappa shape index (κ3) is 2.46. The summed E-state index contributed by atoms with van der Waals surface area (Å²) in [6, 6.07) is 10.1. The first kappa shape index (κ1) is 14.9. The van der Waals surface area contributed by atoms with Crippen LogP contribution in [0.2, 0.25) is 0 Å². The normalized spacial score (nSPS) is 13.5. The van der Waals surface area contributed by atoms with Crippen LogP contribution in [0.25, 0.3) is 16.9 Å². The molecule has 0 atom stereocenters. The Bertz CT molecular complexity index is 922. The zero-order valence-corrected chi connectivity index (χ0v) is 14.4. The highest BCUT2D eigenvalue weighted by atomic mass is 16.7. The van der Waals surface area contributed by atoms with E-state index in [1.807, 2.05) is 30.5 Å². The molecular formula is C19H21N3O2. The molecule has 0 radical (unpaired) electrons. The number of hydrogen-bond donors (Lipinski definition) is 1. The molecule has 2 aromatic heterocycles. The number of pyridine rings is 1.